The van der Waals surface area contributed by atoms with Crippen molar-refractivity contribution in [2.45, 2.75) is 30.6 Å². The van der Waals surface area contributed by atoms with Crippen molar-refractivity contribution in [1.82, 2.24) is 0 Å². The second-order valence-corrected chi connectivity index (χ2v) is 5.37. The zero-order chi connectivity index (χ0) is 13.8. The van der Waals surface area contributed by atoms with Gasteiger partial charge in [0.1, 0.15) is 5.76 Å². The van der Waals surface area contributed by atoms with Crippen molar-refractivity contribution >= 4 is 17.4 Å². The number of thioether (sulfide) groups is 1. The van der Waals surface area contributed by atoms with Crippen LogP contribution in [-0.2, 0) is 5.75 Å². The molecular weight excluding hydrogens is 265 g/mol. The highest BCUT2D eigenvalue weighted by Gasteiger charge is 2.11. The molecule has 0 saturated carbocycles. The van der Waals surface area contributed by atoms with E-state index in [1.807, 2.05) is 26.0 Å². The van der Waals surface area contributed by atoms with Gasteiger partial charge in [-0.2, -0.15) is 0 Å². The molecule has 0 aliphatic heterocycles. The molecule has 0 fully saturated rings. The average molecular weight is 281 g/mol. The normalized spacial score (nSPS) is 10.9. The molecule has 0 bridgehead atoms. The summed E-state index contributed by atoms with van der Waals surface area (Å²) in [5.41, 5.74) is 6.22. The first-order valence-electron chi connectivity index (χ1n) is 5.97. The van der Waals surface area contributed by atoms with E-state index in [9.17, 15) is 4.39 Å². The quantitative estimate of drug-likeness (QED) is 0.662. The van der Waals surface area contributed by atoms with Crippen LogP contribution in [0.5, 0.6) is 5.75 Å². The van der Waals surface area contributed by atoms with Crippen molar-refractivity contribution in [2.24, 2.45) is 0 Å². The van der Waals surface area contributed by atoms with Gasteiger partial charge >= 0.3 is 0 Å². The number of rotatable bonds is 5. The Balaban J connectivity index is 2.15. The van der Waals surface area contributed by atoms with Gasteiger partial charge < -0.3 is 14.9 Å². The second kappa shape index (κ2) is 6.02. The maximum absolute atomic E-state index is 13.7. The van der Waals surface area contributed by atoms with Gasteiger partial charge in [0.05, 0.1) is 18.1 Å². The van der Waals surface area contributed by atoms with E-state index in [4.69, 9.17) is 14.9 Å². The molecular formula is C14H16FNO2S. The molecule has 3 nitrogen and oxygen atoms in total. The van der Waals surface area contributed by atoms with E-state index in [-0.39, 0.29) is 11.9 Å². The van der Waals surface area contributed by atoms with Gasteiger partial charge in [0.25, 0.3) is 0 Å². The lowest BCUT2D eigenvalue weighted by atomic mass is 10.3. The SMILES string of the molecule is CC(C)Oc1cc(SCc2ccco2)c(N)cc1F. The largest absolute Gasteiger partial charge is 0.488 e. The van der Waals surface area contributed by atoms with E-state index in [1.165, 1.54) is 17.8 Å². The van der Waals surface area contributed by atoms with E-state index in [0.717, 1.165) is 10.7 Å². The maximum atomic E-state index is 13.7. The first kappa shape index (κ1) is 13.8. The lowest BCUT2D eigenvalue weighted by molar-refractivity contribution is 0.230. The molecule has 0 amide bonds. The van der Waals surface area contributed by atoms with Crippen LogP contribution in [0.15, 0.2) is 39.8 Å². The monoisotopic (exact) mass is 281 g/mol. The summed E-state index contributed by atoms with van der Waals surface area (Å²) in [5, 5.41) is 0. The van der Waals surface area contributed by atoms with Crippen molar-refractivity contribution in [2.75, 3.05) is 5.73 Å². The zero-order valence-electron chi connectivity index (χ0n) is 10.9. The number of anilines is 1. The van der Waals surface area contributed by atoms with E-state index < -0.39 is 5.82 Å². The molecule has 1 aromatic heterocycles. The predicted octanol–water partition coefficient (Wildman–Crippen LogP) is 4.08. The standard InChI is InChI=1S/C14H16FNO2S/c1-9(2)18-13-7-14(12(16)6-11(13)15)19-8-10-4-3-5-17-10/h3-7,9H,8,16H2,1-2H3. The molecule has 1 aromatic carbocycles. The highest BCUT2D eigenvalue weighted by Crippen LogP contribution is 2.33. The first-order valence-corrected chi connectivity index (χ1v) is 6.95. The summed E-state index contributed by atoms with van der Waals surface area (Å²) in [6.45, 7) is 3.71. The topological polar surface area (TPSA) is 48.4 Å². The summed E-state index contributed by atoms with van der Waals surface area (Å²) in [5.74, 6) is 1.28. The Bertz CT molecular complexity index is 541. The highest BCUT2D eigenvalue weighted by molar-refractivity contribution is 7.98. The molecule has 5 heteroatoms. The number of nitrogen functional groups attached to an aromatic ring is 1. The third kappa shape index (κ3) is 3.67. The van der Waals surface area contributed by atoms with Crippen molar-refractivity contribution in [1.29, 1.82) is 0 Å². The summed E-state index contributed by atoms with van der Waals surface area (Å²) in [6, 6.07) is 6.65. The van der Waals surface area contributed by atoms with Gasteiger partial charge in [0.15, 0.2) is 11.6 Å². The van der Waals surface area contributed by atoms with Crippen LogP contribution < -0.4 is 10.5 Å². The fourth-order valence-electron chi connectivity index (χ4n) is 1.56. The minimum absolute atomic E-state index is 0.0824. The van der Waals surface area contributed by atoms with Crippen LogP contribution in [0, 0.1) is 5.82 Å². The van der Waals surface area contributed by atoms with Gasteiger partial charge in [0, 0.05) is 16.6 Å². The summed E-state index contributed by atoms with van der Waals surface area (Å²) < 4.78 is 24.3. The molecule has 0 unspecified atom stereocenters. The van der Waals surface area contributed by atoms with Crippen LogP contribution in [-0.4, -0.2) is 6.10 Å². The summed E-state index contributed by atoms with van der Waals surface area (Å²) in [4.78, 5) is 0.786. The Kier molecular flexibility index (Phi) is 4.37. The van der Waals surface area contributed by atoms with Crippen LogP contribution in [0.1, 0.15) is 19.6 Å². The van der Waals surface area contributed by atoms with Gasteiger partial charge in [-0.3, -0.25) is 0 Å². The minimum Gasteiger partial charge on any atom is -0.488 e. The van der Waals surface area contributed by atoms with E-state index >= 15 is 0 Å². The van der Waals surface area contributed by atoms with Crippen LogP contribution >= 0.6 is 11.8 Å². The van der Waals surface area contributed by atoms with Crippen molar-refractivity contribution in [3.05, 3.63) is 42.1 Å². The van der Waals surface area contributed by atoms with Crippen LogP contribution in [0.3, 0.4) is 0 Å². The Labute approximate surface area is 115 Å². The van der Waals surface area contributed by atoms with Gasteiger partial charge in [-0.1, -0.05) is 0 Å². The molecule has 0 saturated heterocycles. The Hall–Kier alpha value is -1.62. The zero-order valence-corrected chi connectivity index (χ0v) is 11.7. The molecule has 2 N–H and O–H groups in total. The molecule has 2 rings (SSSR count). The minimum atomic E-state index is -0.437. The molecule has 2 aromatic rings. The number of ether oxygens (including phenoxy) is 1. The highest BCUT2D eigenvalue weighted by atomic mass is 32.2. The summed E-state index contributed by atoms with van der Waals surface area (Å²) in [7, 11) is 0. The smallest absolute Gasteiger partial charge is 0.167 e. The molecule has 1 heterocycles. The van der Waals surface area contributed by atoms with Gasteiger partial charge in [-0.25, -0.2) is 4.39 Å². The molecule has 0 aliphatic carbocycles. The van der Waals surface area contributed by atoms with Crippen molar-refractivity contribution in [3.8, 4) is 5.75 Å². The number of benzene rings is 1. The lowest BCUT2D eigenvalue weighted by Crippen LogP contribution is -2.07. The molecule has 19 heavy (non-hydrogen) atoms. The third-order valence-electron chi connectivity index (χ3n) is 2.38. The van der Waals surface area contributed by atoms with Crippen LogP contribution in [0.2, 0.25) is 0 Å². The Morgan fingerprint density at radius 1 is 1.42 bits per heavy atom. The molecule has 0 radical (unpaired) electrons. The maximum Gasteiger partial charge on any atom is 0.167 e. The Morgan fingerprint density at radius 2 is 2.21 bits per heavy atom. The lowest BCUT2D eigenvalue weighted by Gasteiger charge is -2.13. The molecule has 0 spiro atoms. The van der Waals surface area contributed by atoms with E-state index in [1.54, 1.807) is 12.3 Å². The number of nitrogens with two attached hydrogens (primary N) is 1. The third-order valence-corrected chi connectivity index (χ3v) is 3.47. The Morgan fingerprint density at radius 3 is 2.84 bits per heavy atom. The number of furan rings is 1. The van der Waals surface area contributed by atoms with Crippen LogP contribution in [0.4, 0.5) is 10.1 Å². The molecule has 0 aliphatic rings. The van der Waals surface area contributed by atoms with Gasteiger partial charge in [0.2, 0.25) is 0 Å². The van der Waals surface area contributed by atoms with Gasteiger partial charge in [-0.05, 0) is 32.0 Å². The molecule has 0 atom stereocenters. The summed E-state index contributed by atoms with van der Waals surface area (Å²) in [6.07, 6.45) is 1.54. The second-order valence-electron chi connectivity index (χ2n) is 4.36. The van der Waals surface area contributed by atoms with Crippen molar-refractivity contribution < 1.29 is 13.5 Å². The number of halogens is 1. The fourth-order valence-corrected chi connectivity index (χ4v) is 2.44. The first-order chi connectivity index (χ1) is 9.06. The van der Waals surface area contributed by atoms with Gasteiger partial charge in [-0.15, -0.1) is 11.8 Å². The number of hydrogen-bond donors (Lipinski definition) is 1. The predicted molar refractivity (Wildman–Crippen MR) is 74.8 cm³/mol. The fraction of sp³-hybridized carbons (Fsp3) is 0.286. The van der Waals surface area contributed by atoms with Crippen LogP contribution in [0.25, 0.3) is 0 Å². The van der Waals surface area contributed by atoms with E-state index in [2.05, 4.69) is 0 Å². The average Bonchev–Trinajstić information content (AvgIpc) is 2.83. The summed E-state index contributed by atoms with van der Waals surface area (Å²) >= 11 is 1.49. The molecule has 102 valence electrons. The van der Waals surface area contributed by atoms with Crippen molar-refractivity contribution in [3.63, 3.8) is 0 Å². The number of hydrogen-bond acceptors (Lipinski definition) is 4. The van der Waals surface area contributed by atoms with E-state index in [0.29, 0.717) is 11.4 Å².